The number of rotatable bonds is 3. The maximum absolute atomic E-state index is 11.4. The molecule has 1 heterocycles. The van der Waals surface area contributed by atoms with Crippen molar-refractivity contribution in [2.75, 3.05) is 0 Å². The Hall–Kier alpha value is -1.32. The molecule has 0 spiro atoms. The molecule has 1 aromatic rings. The first-order valence-electron chi connectivity index (χ1n) is 4.37. The van der Waals surface area contributed by atoms with E-state index >= 15 is 0 Å². The third-order valence-corrected chi connectivity index (χ3v) is 1.85. The van der Waals surface area contributed by atoms with Gasteiger partial charge in [-0.25, -0.2) is 0 Å². The first-order chi connectivity index (χ1) is 6.13. The lowest BCUT2D eigenvalue weighted by Crippen LogP contribution is -2.32. The average Bonchev–Trinajstić information content (AvgIpc) is 2.51. The SMILES string of the molecule is CC[C@@H](C)NC(=O)c1cc(C)on1. The highest BCUT2D eigenvalue weighted by Crippen LogP contribution is 2.01. The van der Waals surface area contributed by atoms with Gasteiger partial charge in [0, 0.05) is 12.1 Å². The number of aryl methyl sites for hydroxylation is 1. The molecule has 0 aliphatic carbocycles. The highest BCUT2D eigenvalue weighted by molar-refractivity contribution is 5.92. The molecule has 1 N–H and O–H groups in total. The van der Waals surface area contributed by atoms with E-state index in [2.05, 4.69) is 10.5 Å². The van der Waals surface area contributed by atoms with Gasteiger partial charge in [-0.1, -0.05) is 12.1 Å². The largest absolute Gasteiger partial charge is 0.361 e. The third kappa shape index (κ3) is 2.57. The predicted octanol–water partition coefficient (Wildman–Crippen LogP) is 1.51. The maximum atomic E-state index is 11.4. The van der Waals surface area contributed by atoms with Gasteiger partial charge in [-0.3, -0.25) is 4.79 Å². The van der Waals surface area contributed by atoms with Crippen LogP contribution in [0, 0.1) is 6.92 Å². The Balaban J connectivity index is 2.58. The normalized spacial score (nSPS) is 12.5. The van der Waals surface area contributed by atoms with E-state index in [1.54, 1.807) is 13.0 Å². The minimum atomic E-state index is -0.175. The van der Waals surface area contributed by atoms with Crippen LogP contribution in [0.2, 0.25) is 0 Å². The summed E-state index contributed by atoms with van der Waals surface area (Å²) in [5.41, 5.74) is 0.345. The first-order valence-corrected chi connectivity index (χ1v) is 4.37. The molecule has 1 aromatic heterocycles. The van der Waals surface area contributed by atoms with Crippen LogP contribution in [-0.2, 0) is 0 Å². The number of nitrogens with one attached hydrogen (secondary N) is 1. The molecule has 72 valence electrons. The van der Waals surface area contributed by atoms with Gasteiger partial charge in [0.2, 0.25) is 0 Å². The molecule has 0 aliphatic rings. The number of hydrogen-bond donors (Lipinski definition) is 1. The Labute approximate surface area is 77.3 Å². The van der Waals surface area contributed by atoms with Crippen LogP contribution in [0.3, 0.4) is 0 Å². The van der Waals surface area contributed by atoms with Gasteiger partial charge in [-0.15, -0.1) is 0 Å². The van der Waals surface area contributed by atoms with E-state index in [4.69, 9.17) is 4.52 Å². The topological polar surface area (TPSA) is 55.1 Å². The number of carbonyl (C=O) groups excluding carboxylic acids is 1. The molecule has 13 heavy (non-hydrogen) atoms. The first kappa shape index (κ1) is 9.77. The van der Waals surface area contributed by atoms with Gasteiger partial charge < -0.3 is 9.84 Å². The molecule has 0 aliphatic heterocycles. The predicted molar refractivity (Wildman–Crippen MR) is 48.5 cm³/mol. The zero-order valence-electron chi connectivity index (χ0n) is 8.13. The summed E-state index contributed by atoms with van der Waals surface area (Å²) in [6, 6.07) is 1.79. The summed E-state index contributed by atoms with van der Waals surface area (Å²) in [5.74, 6) is 0.473. The number of carbonyl (C=O) groups is 1. The fraction of sp³-hybridized carbons (Fsp3) is 0.556. The van der Waals surface area contributed by atoms with Crippen molar-refractivity contribution in [3.05, 3.63) is 17.5 Å². The lowest BCUT2D eigenvalue weighted by Gasteiger charge is -2.08. The van der Waals surface area contributed by atoms with Crippen LogP contribution in [0.5, 0.6) is 0 Å². The van der Waals surface area contributed by atoms with Gasteiger partial charge in [-0.05, 0) is 20.3 Å². The van der Waals surface area contributed by atoms with Gasteiger partial charge in [0.25, 0.3) is 5.91 Å². The Morgan fingerprint density at radius 3 is 2.92 bits per heavy atom. The monoisotopic (exact) mass is 182 g/mol. The van der Waals surface area contributed by atoms with E-state index in [0.717, 1.165) is 6.42 Å². The molecule has 4 nitrogen and oxygen atoms in total. The summed E-state index contributed by atoms with van der Waals surface area (Å²) in [6.07, 6.45) is 0.905. The number of nitrogens with zero attached hydrogens (tertiary/aromatic N) is 1. The van der Waals surface area contributed by atoms with E-state index in [-0.39, 0.29) is 11.9 Å². The molecule has 0 saturated heterocycles. The Kier molecular flexibility index (Phi) is 3.06. The van der Waals surface area contributed by atoms with Crippen molar-refractivity contribution in [3.63, 3.8) is 0 Å². The van der Waals surface area contributed by atoms with Crippen molar-refractivity contribution in [3.8, 4) is 0 Å². The maximum Gasteiger partial charge on any atom is 0.273 e. The molecule has 0 radical (unpaired) electrons. The summed E-state index contributed by atoms with van der Waals surface area (Å²) < 4.78 is 4.79. The summed E-state index contributed by atoms with van der Waals surface area (Å²) in [7, 11) is 0. The fourth-order valence-electron chi connectivity index (χ4n) is 0.873. The quantitative estimate of drug-likeness (QED) is 0.770. The van der Waals surface area contributed by atoms with Gasteiger partial charge in [0.1, 0.15) is 5.76 Å². The zero-order chi connectivity index (χ0) is 9.84. The molecule has 0 saturated carbocycles. The van der Waals surface area contributed by atoms with E-state index in [0.29, 0.717) is 11.5 Å². The second-order valence-electron chi connectivity index (χ2n) is 3.11. The molecule has 0 aromatic carbocycles. The van der Waals surface area contributed by atoms with Crippen molar-refractivity contribution < 1.29 is 9.32 Å². The standard InChI is InChI=1S/C9H14N2O2/c1-4-6(2)10-9(12)8-5-7(3)13-11-8/h5-6H,4H2,1-3H3,(H,10,12)/t6-/m1/s1. The van der Waals surface area contributed by atoms with Crippen LogP contribution in [0.1, 0.15) is 36.5 Å². The molecule has 0 bridgehead atoms. The molecule has 1 rings (SSSR count). The van der Waals surface area contributed by atoms with Gasteiger partial charge in [0.15, 0.2) is 5.69 Å². The van der Waals surface area contributed by atoms with Crippen LogP contribution in [0.15, 0.2) is 10.6 Å². The van der Waals surface area contributed by atoms with Crippen molar-refractivity contribution in [2.24, 2.45) is 0 Å². The minimum absolute atomic E-state index is 0.171. The van der Waals surface area contributed by atoms with E-state index < -0.39 is 0 Å². The van der Waals surface area contributed by atoms with Gasteiger partial charge >= 0.3 is 0 Å². The zero-order valence-corrected chi connectivity index (χ0v) is 8.13. The van der Waals surface area contributed by atoms with Crippen LogP contribution in [0.4, 0.5) is 0 Å². The summed E-state index contributed by atoms with van der Waals surface area (Å²) in [5, 5.41) is 6.41. The fourth-order valence-corrected chi connectivity index (χ4v) is 0.873. The van der Waals surface area contributed by atoms with Gasteiger partial charge in [-0.2, -0.15) is 0 Å². The molecular weight excluding hydrogens is 168 g/mol. The third-order valence-electron chi connectivity index (χ3n) is 1.85. The minimum Gasteiger partial charge on any atom is -0.361 e. The Bertz CT molecular complexity index is 294. The summed E-state index contributed by atoms with van der Waals surface area (Å²) in [4.78, 5) is 11.4. The van der Waals surface area contributed by atoms with Crippen molar-refractivity contribution in [2.45, 2.75) is 33.2 Å². The van der Waals surface area contributed by atoms with Crippen LogP contribution in [-0.4, -0.2) is 17.1 Å². The van der Waals surface area contributed by atoms with Crippen LogP contribution in [0.25, 0.3) is 0 Å². The number of hydrogen-bond acceptors (Lipinski definition) is 3. The summed E-state index contributed by atoms with van der Waals surface area (Å²) in [6.45, 7) is 5.72. The van der Waals surface area contributed by atoms with Crippen molar-refractivity contribution in [1.29, 1.82) is 0 Å². The highest BCUT2D eigenvalue weighted by Gasteiger charge is 2.12. The Morgan fingerprint density at radius 1 is 1.77 bits per heavy atom. The molecule has 0 unspecified atom stereocenters. The molecule has 0 fully saturated rings. The second-order valence-corrected chi connectivity index (χ2v) is 3.11. The van der Waals surface area contributed by atoms with Gasteiger partial charge in [0.05, 0.1) is 0 Å². The highest BCUT2D eigenvalue weighted by atomic mass is 16.5. The smallest absolute Gasteiger partial charge is 0.273 e. The average molecular weight is 182 g/mol. The van der Waals surface area contributed by atoms with Crippen LogP contribution < -0.4 is 5.32 Å². The Morgan fingerprint density at radius 2 is 2.46 bits per heavy atom. The van der Waals surface area contributed by atoms with Crippen molar-refractivity contribution in [1.82, 2.24) is 10.5 Å². The van der Waals surface area contributed by atoms with Crippen molar-refractivity contribution >= 4 is 5.91 Å². The summed E-state index contributed by atoms with van der Waals surface area (Å²) >= 11 is 0. The lowest BCUT2D eigenvalue weighted by atomic mass is 10.2. The molecule has 1 atom stereocenters. The molecule has 4 heteroatoms. The van der Waals surface area contributed by atoms with E-state index in [9.17, 15) is 4.79 Å². The number of aromatic nitrogens is 1. The van der Waals surface area contributed by atoms with E-state index in [1.165, 1.54) is 0 Å². The number of amides is 1. The molecular formula is C9H14N2O2. The molecule has 1 amide bonds. The second kappa shape index (κ2) is 4.07. The van der Waals surface area contributed by atoms with E-state index in [1.807, 2.05) is 13.8 Å². The lowest BCUT2D eigenvalue weighted by molar-refractivity contribution is 0.0930. The van der Waals surface area contributed by atoms with Crippen LogP contribution >= 0.6 is 0 Å².